The number of carbonyl (C=O) groups excluding carboxylic acids is 1. The van der Waals surface area contributed by atoms with Crippen molar-refractivity contribution in [3.63, 3.8) is 0 Å². The lowest BCUT2D eigenvalue weighted by atomic mass is 10.0. The van der Waals surface area contributed by atoms with Gasteiger partial charge in [-0.2, -0.15) is 0 Å². The summed E-state index contributed by atoms with van der Waals surface area (Å²) in [5.41, 5.74) is 0. The van der Waals surface area contributed by atoms with Crippen molar-refractivity contribution in [1.29, 1.82) is 0 Å². The number of carbonyl (C=O) groups is 1. The first kappa shape index (κ1) is 11.2. The monoisotopic (exact) mass is 172 g/mol. The summed E-state index contributed by atoms with van der Waals surface area (Å²) < 4.78 is 9.56. The highest BCUT2D eigenvalue weighted by molar-refractivity contribution is 5.75. The topological polar surface area (TPSA) is 35.5 Å². The van der Waals surface area contributed by atoms with Crippen LogP contribution in [-0.2, 0) is 14.3 Å². The van der Waals surface area contributed by atoms with E-state index in [1.54, 1.807) is 0 Å². The van der Waals surface area contributed by atoms with E-state index in [-0.39, 0.29) is 11.9 Å². The van der Waals surface area contributed by atoms with Crippen molar-refractivity contribution in [3.05, 3.63) is 12.2 Å². The fourth-order valence-electron chi connectivity index (χ4n) is 1.05. The zero-order chi connectivity index (χ0) is 9.56. The van der Waals surface area contributed by atoms with Gasteiger partial charge in [-0.15, -0.1) is 0 Å². The van der Waals surface area contributed by atoms with Crippen LogP contribution >= 0.6 is 0 Å². The van der Waals surface area contributed by atoms with Gasteiger partial charge >= 0.3 is 5.97 Å². The van der Waals surface area contributed by atoms with Gasteiger partial charge in [-0.05, 0) is 6.92 Å². The van der Waals surface area contributed by atoms with E-state index in [9.17, 15) is 4.79 Å². The van der Waals surface area contributed by atoms with Crippen LogP contribution in [0.3, 0.4) is 0 Å². The molecule has 0 amide bonds. The fraction of sp³-hybridized carbons (Fsp3) is 0.667. The first-order valence-electron chi connectivity index (χ1n) is 3.90. The molecule has 3 heteroatoms. The van der Waals surface area contributed by atoms with Crippen LogP contribution in [0, 0.1) is 5.92 Å². The van der Waals surface area contributed by atoms with E-state index in [1.807, 2.05) is 26.0 Å². The number of rotatable bonds is 4. The molecule has 0 aliphatic rings. The van der Waals surface area contributed by atoms with Crippen molar-refractivity contribution >= 4 is 5.97 Å². The Bertz CT molecular complexity index is 163. The minimum absolute atomic E-state index is 0.0486. The molecule has 0 aliphatic carbocycles. The van der Waals surface area contributed by atoms with E-state index < -0.39 is 6.10 Å². The maximum absolute atomic E-state index is 11.1. The van der Waals surface area contributed by atoms with Crippen molar-refractivity contribution in [2.75, 3.05) is 14.2 Å². The van der Waals surface area contributed by atoms with E-state index in [0.29, 0.717) is 0 Å². The van der Waals surface area contributed by atoms with Crippen LogP contribution in [0.5, 0.6) is 0 Å². The number of allylic oxidation sites excluding steroid dienone is 1. The molecule has 0 saturated carbocycles. The molecule has 0 aliphatic heterocycles. The van der Waals surface area contributed by atoms with Gasteiger partial charge in [0, 0.05) is 13.0 Å². The lowest BCUT2D eigenvalue weighted by Gasteiger charge is -2.16. The third-order valence-corrected chi connectivity index (χ3v) is 1.66. The van der Waals surface area contributed by atoms with Gasteiger partial charge in [0.15, 0.2) is 6.10 Å². The predicted molar refractivity (Wildman–Crippen MR) is 46.8 cm³/mol. The number of hydrogen-bond donors (Lipinski definition) is 0. The standard InChI is InChI=1S/C9H16O3/c1-5-6-7(2)8(11-3)9(10)12-4/h5-8H,1-4H3/b6-5+/t7-,8+/m0/s1. The average Bonchev–Trinajstić information content (AvgIpc) is 2.06. The molecule has 2 atom stereocenters. The van der Waals surface area contributed by atoms with Gasteiger partial charge in [-0.25, -0.2) is 4.79 Å². The Balaban J connectivity index is 4.23. The van der Waals surface area contributed by atoms with E-state index >= 15 is 0 Å². The largest absolute Gasteiger partial charge is 0.467 e. The molecule has 3 nitrogen and oxygen atoms in total. The molecular weight excluding hydrogens is 156 g/mol. The molecule has 0 fully saturated rings. The minimum Gasteiger partial charge on any atom is -0.467 e. The summed E-state index contributed by atoms with van der Waals surface area (Å²) >= 11 is 0. The molecule has 12 heavy (non-hydrogen) atoms. The van der Waals surface area contributed by atoms with E-state index in [1.165, 1.54) is 14.2 Å². The molecule has 0 aromatic carbocycles. The molecule has 0 unspecified atom stereocenters. The summed E-state index contributed by atoms with van der Waals surface area (Å²) in [5.74, 6) is -0.282. The average molecular weight is 172 g/mol. The van der Waals surface area contributed by atoms with Crippen LogP contribution in [0.2, 0.25) is 0 Å². The maximum Gasteiger partial charge on any atom is 0.335 e. The Hall–Kier alpha value is -0.830. The maximum atomic E-state index is 11.1. The first-order chi connectivity index (χ1) is 5.67. The highest BCUT2D eigenvalue weighted by Gasteiger charge is 2.23. The summed E-state index contributed by atoms with van der Waals surface area (Å²) in [7, 11) is 2.86. The highest BCUT2D eigenvalue weighted by atomic mass is 16.6. The zero-order valence-electron chi connectivity index (χ0n) is 8.03. The van der Waals surface area contributed by atoms with E-state index in [2.05, 4.69) is 4.74 Å². The van der Waals surface area contributed by atoms with Crippen LogP contribution in [-0.4, -0.2) is 26.3 Å². The lowest BCUT2D eigenvalue weighted by molar-refractivity contribution is -0.154. The second kappa shape index (κ2) is 5.77. The lowest BCUT2D eigenvalue weighted by Crippen LogP contribution is -2.30. The summed E-state index contributed by atoms with van der Waals surface area (Å²) in [4.78, 5) is 11.1. The van der Waals surface area contributed by atoms with Crippen LogP contribution < -0.4 is 0 Å². The van der Waals surface area contributed by atoms with Crippen molar-refractivity contribution < 1.29 is 14.3 Å². The van der Waals surface area contributed by atoms with Crippen molar-refractivity contribution in [2.45, 2.75) is 20.0 Å². The number of hydrogen-bond acceptors (Lipinski definition) is 3. The van der Waals surface area contributed by atoms with Gasteiger partial charge in [0.25, 0.3) is 0 Å². The van der Waals surface area contributed by atoms with Crippen LogP contribution in [0.1, 0.15) is 13.8 Å². The van der Waals surface area contributed by atoms with Crippen LogP contribution in [0.25, 0.3) is 0 Å². The number of methoxy groups -OCH3 is 2. The third-order valence-electron chi connectivity index (χ3n) is 1.66. The molecule has 0 radical (unpaired) electrons. The Morgan fingerprint density at radius 2 is 2.00 bits per heavy atom. The van der Waals surface area contributed by atoms with Crippen LogP contribution in [0.4, 0.5) is 0 Å². The number of esters is 1. The summed E-state index contributed by atoms with van der Waals surface area (Å²) in [5, 5.41) is 0. The van der Waals surface area contributed by atoms with Gasteiger partial charge in [0.05, 0.1) is 7.11 Å². The predicted octanol–water partition coefficient (Wildman–Crippen LogP) is 1.39. The molecule has 0 rings (SSSR count). The van der Waals surface area contributed by atoms with E-state index in [0.717, 1.165) is 0 Å². The Labute approximate surface area is 73.4 Å². The normalized spacial score (nSPS) is 16.0. The molecule has 0 N–H and O–H groups in total. The van der Waals surface area contributed by atoms with Crippen molar-refractivity contribution in [3.8, 4) is 0 Å². The van der Waals surface area contributed by atoms with Crippen LogP contribution in [0.15, 0.2) is 12.2 Å². The Morgan fingerprint density at radius 1 is 1.42 bits per heavy atom. The number of ether oxygens (including phenoxy) is 2. The van der Waals surface area contributed by atoms with Crippen molar-refractivity contribution in [2.24, 2.45) is 5.92 Å². The molecule has 0 aromatic heterocycles. The molecule has 0 aromatic rings. The van der Waals surface area contributed by atoms with Gasteiger partial charge in [0.1, 0.15) is 0 Å². The van der Waals surface area contributed by atoms with Gasteiger partial charge in [-0.1, -0.05) is 19.1 Å². The minimum atomic E-state index is -0.494. The highest BCUT2D eigenvalue weighted by Crippen LogP contribution is 2.09. The molecular formula is C9H16O3. The zero-order valence-corrected chi connectivity index (χ0v) is 8.03. The SMILES string of the molecule is C/C=C/[C@H](C)[C@@H](OC)C(=O)OC. The van der Waals surface area contributed by atoms with Gasteiger partial charge in [-0.3, -0.25) is 0 Å². The summed E-state index contributed by atoms with van der Waals surface area (Å²) in [6, 6.07) is 0. The smallest absolute Gasteiger partial charge is 0.335 e. The molecule has 0 heterocycles. The molecule has 70 valence electrons. The van der Waals surface area contributed by atoms with E-state index in [4.69, 9.17) is 4.74 Å². The van der Waals surface area contributed by atoms with Gasteiger partial charge in [0.2, 0.25) is 0 Å². The summed E-state index contributed by atoms with van der Waals surface area (Å²) in [6.07, 6.45) is 3.30. The van der Waals surface area contributed by atoms with Gasteiger partial charge < -0.3 is 9.47 Å². The fourth-order valence-corrected chi connectivity index (χ4v) is 1.05. The Kier molecular flexibility index (Phi) is 5.37. The molecule has 0 spiro atoms. The second-order valence-corrected chi connectivity index (χ2v) is 2.56. The third kappa shape index (κ3) is 3.05. The first-order valence-corrected chi connectivity index (χ1v) is 3.90. The molecule has 0 bridgehead atoms. The molecule has 0 saturated heterocycles. The Morgan fingerprint density at radius 3 is 2.33 bits per heavy atom. The van der Waals surface area contributed by atoms with Crippen molar-refractivity contribution in [1.82, 2.24) is 0 Å². The quantitative estimate of drug-likeness (QED) is 0.475. The summed E-state index contributed by atoms with van der Waals surface area (Å²) in [6.45, 7) is 3.81. The second-order valence-electron chi connectivity index (χ2n) is 2.56.